The molecule has 0 aromatic heterocycles. The highest BCUT2D eigenvalue weighted by Gasteiger charge is 2.45. The van der Waals surface area contributed by atoms with Gasteiger partial charge in [0.2, 0.25) is 11.5 Å². The van der Waals surface area contributed by atoms with E-state index >= 15 is 0 Å². The van der Waals surface area contributed by atoms with Gasteiger partial charge in [-0.1, -0.05) is 60.7 Å². The van der Waals surface area contributed by atoms with E-state index in [-0.39, 0.29) is 13.2 Å². The number of nitrogens with one attached hydrogen (secondary N) is 1. The lowest BCUT2D eigenvalue weighted by Gasteiger charge is -2.32. The van der Waals surface area contributed by atoms with Crippen molar-refractivity contribution in [1.29, 1.82) is 0 Å². The average Bonchev–Trinajstić information content (AvgIpc) is 2.70. The third-order valence-corrected chi connectivity index (χ3v) is 3.80. The van der Waals surface area contributed by atoms with Crippen LogP contribution in [-0.4, -0.2) is 37.5 Å². The molecule has 0 radical (unpaired) electrons. The fourth-order valence-corrected chi connectivity index (χ4v) is 2.66. The van der Waals surface area contributed by atoms with Gasteiger partial charge < -0.3 is 20.5 Å². The fourth-order valence-electron chi connectivity index (χ4n) is 2.66. The van der Waals surface area contributed by atoms with Gasteiger partial charge in [-0.25, -0.2) is 4.79 Å². The van der Waals surface area contributed by atoms with E-state index in [1.54, 1.807) is 55.5 Å². The van der Waals surface area contributed by atoms with Crippen molar-refractivity contribution in [3.63, 3.8) is 0 Å². The summed E-state index contributed by atoms with van der Waals surface area (Å²) in [6.45, 7) is 1.13. The number of rotatable bonds is 9. The Hall–Kier alpha value is -3.19. The van der Waals surface area contributed by atoms with Crippen LogP contribution in [0.15, 0.2) is 60.7 Å². The van der Waals surface area contributed by atoms with Gasteiger partial charge in [-0.2, -0.15) is 0 Å². The number of carbonyl (C=O) groups is 3. The molecule has 0 aliphatic carbocycles. The summed E-state index contributed by atoms with van der Waals surface area (Å²) in [4.78, 5) is 35.6. The Morgan fingerprint density at radius 1 is 0.963 bits per heavy atom. The van der Waals surface area contributed by atoms with Gasteiger partial charge in [0.15, 0.2) is 6.61 Å². The standard InChI is InChI=1S/C20H22N2O5/c1-2-27-20(15-9-5-3-6-10-15,16-11-7-4-8-12-16)19(25)26-14-18(24)22-13-17(21)23/h3-12H,2,13-14H2,1H3,(H2,21,23)(H,22,24). The number of primary amides is 1. The van der Waals surface area contributed by atoms with E-state index in [0.29, 0.717) is 11.1 Å². The summed E-state index contributed by atoms with van der Waals surface area (Å²) in [7, 11) is 0. The van der Waals surface area contributed by atoms with Crippen LogP contribution in [0.3, 0.4) is 0 Å². The first-order chi connectivity index (χ1) is 13.0. The fraction of sp³-hybridized carbons (Fsp3) is 0.250. The molecule has 0 saturated carbocycles. The zero-order chi connectivity index (χ0) is 19.7. The van der Waals surface area contributed by atoms with Crippen LogP contribution in [0.1, 0.15) is 18.1 Å². The molecule has 2 aromatic carbocycles. The van der Waals surface area contributed by atoms with Gasteiger partial charge in [0.1, 0.15) is 0 Å². The van der Waals surface area contributed by atoms with Crippen molar-refractivity contribution in [3.05, 3.63) is 71.8 Å². The third-order valence-electron chi connectivity index (χ3n) is 3.80. The largest absolute Gasteiger partial charge is 0.453 e. The topological polar surface area (TPSA) is 108 Å². The molecule has 2 amide bonds. The van der Waals surface area contributed by atoms with Gasteiger partial charge in [0.25, 0.3) is 5.91 Å². The van der Waals surface area contributed by atoms with Crippen molar-refractivity contribution in [2.75, 3.05) is 19.8 Å². The number of amides is 2. The zero-order valence-electron chi connectivity index (χ0n) is 15.0. The molecule has 142 valence electrons. The van der Waals surface area contributed by atoms with E-state index in [1.807, 2.05) is 12.1 Å². The van der Waals surface area contributed by atoms with Crippen LogP contribution >= 0.6 is 0 Å². The zero-order valence-corrected chi connectivity index (χ0v) is 15.0. The van der Waals surface area contributed by atoms with E-state index in [1.165, 1.54) is 0 Å². The second-order valence-corrected chi connectivity index (χ2v) is 5.67. The number of ether oxygens (including phenoxy) is 2. The monoisotopic (exact) mass is 370 g/mol. The molecular weight excluding hydrogens is 348 g/mol. The molecule has 0 bridgehead atoms. The molecule has 7 nitrogen and oxygen atoms in total. The molecule has 3 N–H and O–H groups in total. The number of esters is 1. The van der Waals surface area contributed by atoms with Gasteiger partial charge in [-0.05, 0) is 18.1 Å². The first-order valence-corrected chi connectivity index (χ1v) is 8.48. The van der Waals surface area contributed by atoms with Gasteiger partial charge in [0, 0.05) is 6.61 Å². The highest BCUT2D eigenvalue weighted by molar-refractivity contribution is 5.89. The first-order valence-electron chi connectivity index (χ1n) is 8.48. The summed E-state index contributed by atoms with van der Waals surface area (Å²) in [6, 6.07) is 17.9. The van der Waals surface area contributed by atoms with Crippen molar-refractivity contribution in [3.8, 4) is 0 Å². The maximum Gasteiger partial charge on any atom is 0.348 e. The van der Waals surface area contributed by atoms with Crippen LogP contribution < -0.4 is 11.1 Å². The summed E-state index contributed by atoms with van der Waals surface area (Å²) in [5.41, 5.74) is 4.63. The predicted octanol–water partition coefficient (Wildman–Crippen LogP) is 1.11. The highest BCUT2D eigenvalue weighted by Crippen LogP contribution is 2.35. The lowest BCUT2D eigenvalue weighted by molar-refractivity contribution is -0.170. The molecule has 0 heterocycles. The Bertz CT molecular complexity index is 738. The highest BCUT2D eigenvalue weighted by atomic mass is 16.6. The van der Waals surface area contributed by atoms with E-state index < -0.39 is 30.0 Å². The number of hydrogen-bond acceptors (Lipinski definition) is 5. The van der Waals surface area contributed by atoms with E-state index in [0.717, 1.165) is 0 Å². The SMILES string of the molecule is CCOC(C(=O)OCC(=O)NCC(N)=O)(c1ccccc1)c1ccccc1. The molecular formula is C20H22N2O5. The maximum absolute atomic E-state index is 13.1. The number of carbonyl (C=O) groups excluding carboxylic acids is 3. The van der Waals surface area contributed by atoms with E-state index in [2.05, 4.69) is 5.32 Å². The third kappa shape index (κ3) is 4.92. The summed E-state index contributed by atoms with van der Waals surface area (Å²) in [6.07, 6.45) is 0. The Morgan fingerprint density at radius 3 is 1.93 bits per heavy atom. The molecule has 0 saturated heterocycles. The Morgan fingerprint density at radius 2 is 1.48 bits per heavy atom. The smallest absolute Gasteiger partial charge is 0.348 e. The Balaban J connectivity index is 2.33. The maximum atomic E-state index is 13.1. The summed E-state index contributed by atoms with van der Waals surface area (Å²) in [5.74, 6) is -2.04. The van der Waals surface area contributed by atoms with Crippen LogP contribution in [0.2, 0.25) is 0 Å². The van der Waals surface area contributed by atoms with Gasteiger partial charge in [-0.3, -0.25) is 9.59 Å². The molecule has 27 heavy (non-hydrogen) atoms. The lowest BCUT2D eigenvalue weighted by Crippen LogP contribution is -2.43. The van der Waals surface area contributed by atoms with Crippen molar-refractivity contribution in [2.45, 2.75) is 12.5 Å². The second kappa shape index (κ2) is 9.49. The molecule has 0 aliphatic heterocycles. The average molecular weight is 370 g/mol. The van der Waals surface area contributed by atoms with Gasteiger partial charge >= 0.3 is 5.97 Å². The van der Waals surface area contributed by atoms with Crippen molar-refractivity contribution < 1.29 is 23.9 Å². The number of hydrogen-bond donors (Lipinski definition) is 2. The summed E-state index contributed by atoms with van der Waals surface area (Å²) < 4.78 is 11.1. The van der Waals surface area contributed by atoms with Gasteiger partial charge in [0.05, 0.1) is 6.54 Å². The molecule has 0 fully saturated rings. The van der Waals surface area contributed by atoms with Crippen LogP contribution in [-0.2, 0) is 29.5 Å². The molecule has 2 rings (SSSR count). The normalized spacial score (nSPS) is 10.9. The summed E-state index contributed by atoms with van der Waals surface area (Å²) >= 11 is 0. The molecule has 0 atom stereocenters. The molecule has 0 aliphatic rings. The second-order valence-electron chi connectivity index (χ2n) is 5.67. The number of benzene rings is 2. The minimum Gasteiger partial charge on any atom is -0.453 e. The van der Waals surface area contributed by atoms with Crippen LogP contribution in [0.25, 0.3) is 0 Å². The van der Waals surface area contributed by atoms with Crippen molar-refractivity contribution in [1.82, 2.24) is 5.32 Å². The van der Waals surface area contributed by atoms with Crippen LogP contribution in [0.5, 0.6) is 0 Å². The molecule has 2 aromatic rings. The van der Waals surface area contributed by atoms with E-state index in [9.17, 15) is 14.4 Å². The van der Waals surface area contributed by atoms with Gasteiger partial charge in [-0.15, -0.1) is 0 Å². The minimum absolute atomic E-state index is 0.243. The van der Waals surface area contributed by atoms with Crippen LogP contribution in [0.4, 0.5) is 0 Å². The minimum atomic E-state index is -1.51. The van der Waals surface area contributed by atoms with E-state index in [4.69, 9.17) is 15.2 Å². The predicted molar refractivity (Wildman–Crippen MR) is 98.5 cm³/mol. The first kappa shape index (κ1) is 20.1. The lowest BCUT2D eigenvalue weighted by atomic mass is 9.86. The van der Waals surface area contributed by atoms with Crippen LogP contribution in [0, 0.1) is 0 Å². The Kier molecular flexibility index (Phi) is 7.08. The molecule has 0 unspecified atom stereocenters. The molecule has 0 spiro atoms. The Labute approximate surface area is 157 Å². The quantitative estimate of drug-likeness (QED) is 0.643. The van der Waals surface area contributed by atoms with Crippen molar-refractivity contribution in [2.24, 2.45) is 5.73 Å². The van der Waals surface area contributed by atoms with Crippen molar-refractivity contribution >= 4 is 17.8 Å². The summed E-state index contributed by atoms with van der Waals surface area (Å²) in [5, 5.41) is 2.27. The number of nitrogens with two attached hydrogens (primary N) is 1. The molecule has 7 heteroatoms.